The maximum atomic E-state index is 10.5. The molecule has 1 aliphatic rings. The average molecular weight is 187 g/mol. The number of morpholine rings is 1. The number of rotatable bonds is 4. The van der Waals surface area contributed by atoms with Gasteiger partial charge >= 0.3 is 0 Å². The van der Waals surface area contributed by atoms with Crippen LogP contribution in [0.4, 0.5) is 0 Å². The molecule has 1 fully saturated rings. The zero-order valence-corrected chi connectivity index (χ0v) is 8.01. The van der Waals surface area contributed by atoms with Crippen LogP contribution in [0.1, 0.15) is 6.92 Å². The van der Waals surface area contributed by atoms with E-state index in [0.717, 1.165) is 32.8 Å². The number of ether oxygens (including phenoxy) is 1. The molecule has 1 aliphatic heterocycles. The van der Waals surface area contributed by atoms with Crippen LogP contribution < -0.4 is 10.7 Å². The molecule has 0 radical (unpaired) electrons. The lowest BCUT2D eigenvalue weighted by atomic mass is 10.5. The average Bonchev–Trinajstić information content (AvgIpc) is 2.14. The highest BCUT2D eigenvalue weighted by molar-refractivity contribution is 5.72. The number of nitrogens with one attached hydrogen (secondary N) is 2. The second-order valence-electron chi connectivity index (χ2n) is 2.99. The molecule has 0 atom stereocenters. The van der Waals surface area contributed by atoms with Gasteiger partial charge in [-0.05, 0) is 0 Å². The highest BCUT2D eigenvalue weighted by Gasteiger charge is 2.08. The first-order valence-corrected chi connectivity index (χ1v) is 4.59. The normalized spacial score (nSPS) is 18.5. The van der Waals surface area contributed by atoms with E-state index >= 15 is 0 Å². The Morgan fingerprint density at radius 2 is 2.08 bits per heavy atom. The minimum atomic E-state index is 0.0174. The molecule has 1 rings (SSSR count). The lowest BCUT2D eigenvalue weighted by molar-refractivity contribution is -0.118. The Morgan fingerprint density at radius 3 is 2.69 bits per heavy atom. The molecule has 2 N–H and O–H groups in total. The summed E-state index contributed by atoms with van der Waals surface area (Å²) in [5.74, 6) is 0.0174. The number of amides is 1. The van der Waals surface area contributed by atoms with Crippen molar-refractivity contribution >= 4 is 5.91 Å². The van der Waals surface area contributed by atoms with Crippen molar-refractivity contribution in [3.8, 4) is 0 Å². The largest absolute Gasteiger partial charge is 0.379 e. The number of nitrogens with zero attached hydrogens (tertiary/aromatic N) is 1. The molecule has 0 aromatic carbocycles. The van der Waals surface area contributed by atoms with Crippen LogP contribution in [0, 0.1) is 0 Å². The number of carbonyl (C=O) groups excluding carboxylic acids is 1. The van der Waals surface area contributed by atoms with Crippen molar-refractivity contribution in [2.45, 2.75) is 6.92 Å². The van der Waals surface area contributed by atoms with Crippen molar-refractivity contribution < 1.29 is 9.53 Å². The topological polar surface area (TPSA) is 53.6 Å². The van der Waals surface area contributed by atoms with Gasteiger partial charge in [-0.3, -0.25) is 10.2 Å². The Morgan fingerprint density at radius 1 is 1.38 bits per heavy atom. The molecule has 5 heteroatoms. The summed E-state index contributed by atoms with van der Waals surface area (Å²) in [5.41, 5.74) is 3.22. The second kappa shape index (κ2) is 5.90. The number of carbonyl (C=O) groups is 1. The third kappa shape index (κ3) is 4.82. The van der Waals surface area contributed by atoms with Gasteiger partial charge in [-0.25, -0.2) is 5.01 Å². The van der Waals surface area contributed by atoms with Gasteiger partial charge in [0.05, 0.1) is 13.2 Å². The summed E-state index contributed by atoms with van der Waals surface area (Å²) in [6.45, 7) is 6.38. The molecule has 1 heterocycles. The second-order valence-corrected chi connectivity index (χ2v) is 2.99. The van der Waals surface area contributed by atoms with Crippen LogP contribution in [0.25, 0.3) is 0 Å². The van der Waals surface area contributed by atoms with E-state index < -0.39 is 0 Å². The minimum absolute atomic E-state index is 0.0174. The molecule has 0 aromatic heterocycles. The van der Waals surface area contributed by atoms with Crippen molar-refractivity contribution in [1.82, 2.24) is 15.8 Å². The standard InChI is InChI=1S/C8H17N3O2/c1-8(12)9-2-3-10-11-4-6-13-7-5-11/h10H,2-7H2,1H3,(H,9,12). The summed E-state index contributed by atoms with van der Waals surface area (Å²) in [5, 5.41) is 4.84. The van der Waals surface area contributed by atoms with Gasteiger partial charge < -0.3 is 10.1 Å². The van der Waals surface area contributed by atoms with Gasteiger partial charge in [-0.2, -0.15) is 0 Å². The van der Waals surface area contributed by atoms with Crippen LogP contribution in [-0.2, 0) is 9.53 Å². The first-order valence-electron chi connectivity index (χ1n) is 4.59. The summed E-state index contributed by atoms with van der Waals surface area (Å²) < 4.78 is 5.19. The van der Waals surface area contributed by atoms with Crippen LogP contribution in [0.15, 0.2) is 0 Å². The summed E-state index contributed by atoms with van der Waals surface area (Å²) in [6, 6.07) is 0. The third-order valence-corrected chi connectivity index (χ3v) is 1.85. The van der Waals surface area contributed by atoms with Crippen molar-refractivity contribution in [1.29, 1.82) is 0 Å². The molecule has 0 aliphatic carbocycles. The lowest BCUT2D eigenvalue weighted by Crippen LogP contribution is -2.47. The third-order valence-electron chi connectivity index (χ3n) is 1.85. The zero-order valence-electron chi connectivity index (χ0n) is 8.01. The summed E-state index contributed by atoms with van der Waals surface area (Å²) >= 11 is 0. The van der Waals surface area contributed by atoms with Gasteiger partial charge in [0.1, 0.15) is 0 Å². The quantitative estimate of drug-likeness (QED) is 0.552. The molecular formula is C8H17N3O2. The van der Waals surface area contributed by atoms with Crippen LogP contribution in [-0.4, -0.2) is 50.3 Å². The van der Waals surface area contributed by atoms with E-state index in [1.54, 1.807) is 0 Å². The smallest absolute Gasteiger partial charge is 0.216 e. The molecule has 0 aromatic rings. The van der Waals surface area contributed by atoms with Crippen molar-refractivity contribution in [2.75, 3.05) is 39.4 Å². The van der Waals surface area contributed by atoms with Crippen LogP contribution in [0.3, 0.4) is 0 Å². The molecule has 1 saturated heterocycles. The lowest BCUT2D eigenvalue weighted by Gasteiger charge is -2.27. The molecule has 1 amide bonds. The van der Waals surface area contributed by atoms with Gasteiger partial charge in [0.15, 0.2) is 0 Å². The molecule has 0 bridgehead atoms. The Hall–Kier alpha value is -0.650. The van der Waals surface area contributed by atoms with E-state index in [-0.39, 0.29) is 5.91 Å². The molecule has 13 heavy (non-hydrogen) atoms. The summed E-state index contributed by atoms with van der Waals surface area (Å²) in [4.78, 5) is 10.5. The Kier molecular flexibility index (Phi) is 4.74. The van der Waals surface area contributed by atoms with E-state index in [1.165, 1.54) is 6.92 Å². The highest BCUT2D eigenvalue weighted by Crippen LogP contribution is 1.90. The van der Waals surface area contributed by atoms with E-state index in [1.807, 2.05) is 0 Å². The van der Waals surface area contributed by atoms with E-state index in [2.05, 4.69) is 15.8 Å². The SMILES string of the molecule is CC(=O)NCCNN1CCOCC1. The van der Waals surface area contributed by atoms with E-state index in [0.29, 0.717) is 6.54 Å². The predicted octanol–water partition coefficient (Wildman–Crippen LogP) is -1.04. The number of hydrazine groups is 1. The maximum absolute atomic E-state index is 10.5. The number of hydrogen-bond acceptors (Lipinski definition) is 4. The fourth-order valence-corrected chi connectivity index (χ4v) is 1.17. The number of hydrogen-bond donors (Lipinski definition) is 2. The molecule has 76 valence electrons. The van der Waals surface area contributed by atoms with E-state index in [4.69, 9.17) is 4.74 Å². The van der Waals surface area contributed by atoms with Gasteiger partial charge in [0.2, 0.25) is 5.91 Å². The molecular weight excluding hydrogens is 170 g/mol. The van der Waals surface area contributed by atoms with Gasteiger partial charge in [-0.1, -0.05) is 0 Å². The molecule has 0 unspecified atom stereocenters. The van der Waals surface area contributed by atoms with E-state index in [9.17, 15) is 4.79 Å². The van der Waals surface area contributed by atoms with Gasteiger partial charge in [0.25, 0.3) is 0 Å². The Labute approximate surface area is 78.4 Å². The highest BCUT2D eigenvalue weighted by atomic mass is 16.5. The Balaban J connectivity index is 1.95. The van der Waals surface area contributed by atoms with Gasteiger partial charge in [0, 0.05) is 33.1 Å². The molecule has 5 nitrogen and oxygen atoms in total. The van der Waals surface area contributed by atoms with Crippen molar-refractivity contribution in [3.05, 3.63) is 0 Å². The summed E-state index contributed by atoms with van der Waals surface area (Å²) in [7, 11) is 0. The first-order chi connectivity index (χ1) is 6.29. The summed E-state index contributed by atoms with van der Waals surface area (Å²) in [6.07, 6.45) is 0. The van der Waals surface area contributed by atoms with Crippen molar-refractivity contribution in [3.63, 3.8) is 0 Å². The first kappa shape index (κ1) is 10.4. The van der Waals surface area contributed by atoms with Crippen LogP contribution >= 0.6 is 0 Å². The zero-order chi connectivity index (χ0) is 9.52. The predicted molar refractivity (Wildman–Crippen MR) is 49.1 cm³/mol. The maximum Gasteiger partial charge on any atom is 0.216 e. The fraction of sp³-hybridized carbons (Fsp3) is 0.875. The fourth-order valence-electron chi connectivity index (χ4n) is 1.17. The minimum Gasteiger partial charge on any atom is -0.379 e. The van der Waals surface area contributed by atoms with Crippen LogP contribution in [0.5, 0.6) is 0 Å². The molecule has 0 saturated carbocycles. The monoisotopic (exact) mass is 187 g/mol. The van der Waals surface area contributed by atoms with Gasteiger partial charge in [-0.15, -0.1) is 0 Å². The Bertz CT molecular complexity index is 157. The van der Waals surface area contributed by atoms with Crippen LogP contribution in [0.2, 0.25) is 0 Å². The molecule has 0 spiro atoms. The van der Waals surface area contributed by atoms with Crippen molar-refractivity contribution in [2.24, 2.45) is 0 Å².